The van der Waals surface area contributed by atoms with Gasteiger partial charge in [-0.05, 0) is 75.8 Å². The van der Waals surface area contributed by atoms with Crippen LogP contribution in [0.4, 0.5) is 0 Å². The molecule has 0 heterocycles. The number of carbonyl (C=O) groups excluding carboxylic acids is 1. The number of nitrogens with one attached hydrogen (secondary N) is 1. The first-order valence-corrected chi connectivity index (χ1v) is 8.94. The number of amides is 1. The van der Waals surface area contributed by atoms with Crippen LogP contribution >= 0.6 is 0 Å². The van der Waals surface area contributed by atoms with Crippen molar-refractivity contribution in [2.45, 2.75) is 53.6 Å². The van der Waals surface area contributed by atoms with Gasteiger partial charge in [-0.15, -0.1) is 0 Å². The van der Waals surface area contributed by atoms with Gasteiger partial charge in [-0.25, -0.2) is 0 Å². The van der Waals surface area contributed by atoms with E-state index in [4.69, 9.17) is 4.74 Å². The molecule has 0 aliphatic carbocycles. The molecule has 0 aliphatic heterocycles. The molecule has 0 aliphatic rings. The fourth-order valence-electron chi connectivity index (χ4n) is 2.77. The maximum absolute atomic E-state index is 12.2. The summed E-state index contributed by atoms with van der Waals surface area (Å²) in [7, 11) is 0. The lowest BCUT2D eigenvalue weighted by molar-refractivity contribution is -0.127. The highest BCUT2D eigenvalue weighted by atomic mass is 16.5. The molecule has 1 atom stereocenters. The van der Waals surface area contributed by atoms with Gasteiger partial charge >= 0.3 is 0 Å². The quantitative estimate of drug-likeness (QED) is 0.758. The zero-order valence-electron chi connectivity index (χ0n) is 16.0. The highest BCUT2D eigenvalue weighted by Gasteiger charge is 2.16. The van der Waals surface area contributed by atoms with Crippen LogP contribution in [-0.4, -0.2) is 18.6 Å². The van der Waals surface area contributed by atoms with Crippen LogP contribution in [0, 0.1) is 27.7 Å². The highest BCUT2D eigenvalue weighted by Crippen LogP contribution is 2.24. The Hall–Kier alpha value is -2.29. The molecule has 0 fully saturated rings. The molecular weight excluding hydrogens is 310 g/mol. The van der Waals surface area contributed by atoms with E-state index in [0.717, 1.165) is 29.7 Å². The summed E-state index contributed by atoms with van der Waals surface area (Å²) in [5, 5.41) is 2.97. The van der Waals surface area contributed by atoms with Crippen molar-refractivity contribution in [2.75, 3.05) is 6.54 Å². The van der Waals surface area contributed by atoms with E-state index in [1.807, 2.05) is 19.9 Å². The first-order chi connectivity index (χ1) is 11.9. The number of ether oxygens (including phenoxy) is 1. The second-order valence-electron chi connectivity index (χ2n) is 6.85. The average molecular weight is 339 g/mol. The summed E-state index contributed by atoms with van der Waals surface area (Å²) in [5.74, 6) is 0.724. The zero-order chi connectivity index (χ0) is 18.4. The minimum Gasteiger partial charge on any atom is -0.481 e. The topological polar surface area (TPSA) is 38.3 Å². The number of aryl methyl sites for hydroxylation is 4. The van der Waals surface area contributed by atoms with E-state index in [0.29, 0.717) is 6.54 Å². The lowest BCUT2D eigenvalue weighted by atomic mass is 10.1. The first kappa shape index (κ1) is 19.0. The Morgan fingerprint density at radius 2 is 1.72 bits per heavy atom. The Labute approximate surface area is 151 Å². The summed E-state index contributed by atoms with van der Waals surface area (Å²) < 4.78 is 5.89. The molecule has 0 unspecified atom stereocenters. The Morgan fingerprint density at radius 1 is 1.04 bits per heavy atom. The SMILES string of the molecule is Cc1ccc(CCCNC(=O)[C@@H](C)Oc2cc(C)cc(C)c2C)cc1. The van der Waals surface area contributed by atoms with Crippen molar-refractivity contribution >= 4 is 5.91 Å². The van der Waals surface area contributed by atoms with Crippen molar-refractivity contribution in [2.24, 2.45) is 0 Å². The van der Waals surface area contributed by atoms with Crippen LogP contribution in [0.25, 0.3) is 0 Å². The lowest BCUT2D eigenvalue weighted by Gasteiger charge is -2.18. The van der Waals surface area contributed by atoms with Gasteiger partial charge in [0, 0.05) is 6.54 Å². The van der Waals surface area contributed by atoms with Gasteiger partial charge < -0.3 is 10.1 Å². The number of hydrogen-bond donors (Lipinski definition) is 1. The minimum absolute atomic E-state index is 0.0672. The predicted molar refractivity (Wildman–Crippen MR) is 103 cm³/mol. The zero-order valence-corrected chi connectivity index (χ0v) is 16.0. The predicted octanol–water partition coefficient (Wildman–Crippen LogP) is 4.44. The largest absolute Gasteiger partial charge is 0.481 e. The third kappa shape index (κ3) is 5.63. The Kier molecular flexibility index (Phi) is 6.63. The van der Waals surface area contributed by atoms with Crippen LogP contribution in [0.5, 0.6) is 5.75 Å². The standard InChI is InChI=1S/C22H29NO2/c1-15-8-10-20(11-9-15)7-6-12-23-22(24)19(5)25-21-14-16(2)13-17(3)18(21)4/h8-11,13-14,19H,6-7,12H2,1-5H3,(H,23,24)/t19-/m1/s1. The third-order valence-corrected chi connectivity index (χ3v) is 4.50. The van der Waals surface area contributed by atoms with E-state index in [2.05, 4.69) is 49.5 Å². The number of hydrogen-bond acceptors (Lipinski definition) is 2. The maximum atomic E-state index is 12.2. The van der Waals surface area contributed by atoms with Crippen LogP contribution in [0.1, 0.15) is 41.2 Å². The molecular formula is C22H29NO2. The maximum Gasteiger partial charge on any atom is 0.260 e. The normalized spacial score (nSPS) is 11.9. The summed E-state index contributed by atoms with van der Waals surface area (Å²) in [6, 6.07) is 12.6. The van der Waals surface area contributed by atoms with Crippen molar-refractivity contribution in [3.8, 4) is 5.75 Å². The Bertz CT molecular complexity index is 720. The molecule has 1 amide bonds. The van der Waals surface area contributed by atoms with Crippen LogP contribution in [0.3, 0.4) is 0 Å². The van der Waals surface area contributed by atoms with E-state index >= 15 is 0 Å². The second kappa shape index (κ2) is 8.70. The van der Waals surface area contributed by atoms with E-state index < -0.39 is 6.10 Å². The summed E-state index contributed by atoms with van der Waals surface area (Å²) >= 11 is 0. The van der Waals surface area contributed by atoms with Crippen LogP contribution in [-0.2, 0) is 11.2 Å². The smallest absolute Gasteiger partial charge is 0.260 e. The molecule has 0 saturated heterocycles. The van der Waals surface area contributed by atoms with Crippen molar-refractivity contribution in [3.63, 3.8) is 0 Å². The van der Waals surface area contributed by atoms with Crippen molar-refractivity contribution in [3.05, 3.63) is 64.2 Å². The van der Waals surface area contributed by atoms with Crippen molar-refractivity contribution in [1.82, 2.24) is 5.32 Å². The van der Waals surface area contributed by atoms with Gasteiger partial charge in [0.05, 0.1) is 0 Å². The number of benzene rings is 2. The molecule has 1 N–H and O–H groups in total. The third-order valence-electron chi connectivity index (χ3n) is 4.50. The Balaban J connectivity index is 1.79. The van der Waals surface area contributed by atoms with Gasteiger partial charge in [0.25, 0.3) is 5.91 Å². The van der Waals surface area contributed by atoms with Crippen LogP contribution in [0.2, 0.25) is 0 Å². The summed E-state index contributed by atoms with van der Waals surface area (Å²) in [5.41, 5.74) is 5.98. The summed E-state index contributed by atoms with van der Waals surface area (Å²) in [6.45, 7) is 10.7. The minimum atomic E-state index is -0.501. The summed E-state index contributed by atoms with van der Waals surface area (Å²) in [4.78, 5) is 12.2. The molecule has 0 bridgehead atoms. The van der Waals surface area contributed by atoms with Gasteiger partial charge in [0.2, 0.25) is 0 Å². The molecule has 0 radical (unpaired) electrons. The van der Waals surface area contributed by atoms with E-state index in [9.17, 15) is 4.79 Å². The van der Waals surface area contributed by atoms with Crippen LogP contribution in [0.15, 0.2) is 36.4 Å². The molecule has 2 rings (SSSR count). The second-order valence-corrected chi connectivity index (χ2v) is 6.85. The van der Waals surface area contributed by atoms with Gasteiger partial charge in [0.1, 0.15) is 5.75 Å². The lowest BCUT2D eigenvalue weighted by Crippen LogP contribution is -2.37. The van der Waals surface area contributed by atoms with E-state index in [-0.39, 0.29) is 5.91 Å². The molecule has 0 spiro atoms. The molecule has 0 saturated carbocycles. The van der Waals surface area contributed by atoms with Gasteiger partial charge in [-0.2, -0.15) is 0 Å². The first-order valence-electron chi connectivity index (χ1n) is 8.94. The monoisotopic (exact) mass is 339 g/mol. The fourth-order valence-corrected chi connectivity index (χ4v) is 2.77. The van der Waals surface area contributed by atoms with Gasteiger partial charge in [-0.1, -0.05) is 35.9 Å². The van der Waals surface area contributed by atoms with Crippen LogP contribution < -0.4 is 10.1 Å². The van der Waals surface area contributed by atoms with E-state index in [1.165, 1.54) is 16.7 Å². The molecule has 3 heteroatoms. The molecule has 2 aromatic carbocycles. The van der Waals surface area contributed by atoms with Crippen molar-refractivity contribution in [1.29, 1.82) is 0 Å². The Morgan fingerprint density at radius 3 is 2.40 bits per heavy atom. The van der Waals surface area contributed by atoms with Gasteiger partial charge in [0.15, 0.2) is 6.10 Å². The molecule has 3 nitrogen and oxygen atoms in total. The highest BCUT2D eigenvalue weighted by molar-refractivity contribution is 5.80. The molecule has 25 heavy (non-hydrogen) atoms. The number of rotatable bonds is 7. The van der Waals surface area contributed by atoms with E-state index in [1.54, 1.807) is 6.92 Å². The summed E-state index contributed by atoms with van der Waals surface area (Å²) in [6.07, 6.45) is 1.38. The average Bonchev–Trinajstić information content (AvgIpc) is 2.57. The molecule has 134 valence electrons. The number of carbonyl (C=O) groups is 1. The van der Waals surface area contributed by atoms with Gasteiger partial charge in [-0.3, -0.25) is 4.79 Å². The fraction of sp³-hybridized carbons (Fsp3) is 0.409. The molecule has 2 aromatic rings. The van der Waals surface area contributed by atoms with Crippen molar-refractivity contribution < 1.29 is 9.53 Å². The molecule has 0 aromatic heterocycles.